The first kappa shape index (κ1) is 12.9. The molecule has 0 bridgehead atoms. The Bertz CT molecular complexity index is 259. The number of hydrogen-bond donors (Lipinski definition) is 1. The topological polar surface area (TPSA) is 32.3 Å². The molecule has 0 aliphatic carbocycles. The van der Waals surface area contributed by atoms with Gasteiger partial charge in [-0.2, -0.15) is 0 Å². The number of likely N-dealkylation sites (tertiary alicyclic amines) is 1. The van der Waals surface area contributed by atoms with Gasteiger partial charge in [-0.15, -0.1) is 0 Å². The van der Waals surface area contributed by atoms with E-state index in [-0.39, 0.29) is 5.92 Å². The molecule has 2 rings (SSSR count). The van der Waals surface area contributed by atoms with E-state index in [0.717, 1.165) is 32.5 Å². The van der Waals surface area contributed by atoms with Gasteiger partial charge in [-0.25, -0.2) is 0 Å². The van der Waals surface area contributed by atoms with E-state index in [4.69, 9.17) is 0 Å². The van der Waals surface area contributed by atoms with Crippen LogP contribution in [0, 0.1) is 11.8 Å². The summed E-state index contributed by atoms with van der Waals surface area (Å²) in [7, 11) is 0. The summed E-state index contributed by atoms with van der Waals surface area (Å²) in [5.41, 5.74) is 0. The van der Waals surface area contributed by atoms with E-state index in [1.165, 1.54) is 19.3 Å². The number of hydrogen-bond acceptors (Lipinski definition) is 2. The van der Waals surface area contributed by atoms with Crippen LogP contribution in [0.2, 0.25) is 0 Å². The van der Waals surface area contributed by atoms with E-state index >= 15 is 0 Å². The Labute approximate surface area is 105 Å². The molecule has 0 spiro atoms. The number of amides is 1. The van der Waals surface area contributed by atoms with Crippen molar-refractivity contribution in [3.63, 3.8) is 0 Å². The third-order valence-corrected chi connectivity index (χ3v) is 4.25. The van der Waals surface area contributed by atoms with Crippen molar-refractivity contribution in [1.29, 1.82) is 0 Å². The molecular formula is C14H26N2O. The number of carbonyl (C=O) groups is 1. The zero-order valence-corrected chi connectivity index (χ0v) is 11.2. The lowest BCUT2D eigenvalue weighted by Crippen LogP contribution is -2.51. The van der Waals surface area contributed by atoms with E-state index in [9.17, 15) is 4.79 Å². The van der Waals surface area contributed by atoms with Crippen molar-refractivity contribution in [2.75, 3.05) is 19.6 Å². The fourth-order valence-corrected chi connectivity index (χ4v) is 3.22. The van der Waals surface area contributed by atoms with Crippen molar-refractivity contribution < 1.29 is 4.79 Å². The number of piperidine rings is 2. The Balaban J connectivity index is 1.99. The van der Waals surface area contributed by atoms with E-state index in [1.54, 1.807) is 0 Å². The maximum Gasteiger partial charge on any atom is 0.227 e. The summed E-state index contributed by atoms with van der Waals surface area (Å²) in [6.07, 6.45) is 5.90. The summed E-state index contributed by atoms with van der Waals surface area (Å²) in [4.78, 5) is 14.7. The van der Waals surface area contributed by atoms with Crippen LogP contribution in [0.3, 0.4) is 0 Å². The van der Waals surface area contributed by atoms with Gasteiger partial charge >= 0.3 is 0 Å². The lowest BCUT2D eigenvalue weighted by molar-refractivity contribution is -0.141. The molecular weight excluding hydrogens is 212 g/mol. The highest BCUT2D eigenvalue weighted by atomic mass is 16.2. The Kier molecular flexibility index (Phi) is 4.43. The van der Waals surface area contributed by atoms with Crippen LogP contribution in [0.25, 0.3) is 0 Å². The highest BCUT2D eigenvalue weighted by Crippen LogP contribution is 2.26. The fraction of sp³-hybridized carbons (Fsp3) is 0.929. The second kappa shape index (κ2) is 5.85. The zero-order chi connectivity index (χ0) is 12.3. The quantitative estimate of drug-likeness (QED) is 0.798. The second-order valence-corrected chi connectivity index (χ2v) is 5.88. The molecule has 0 aromatic rings. The first-order valence-electron chi connectivity index (χ1n) is 7.21. The van der Waals surface area contributed by atoms with Gasteiger partial charge < -0.3 is 10.2 Å². The number of nitrogens with zero attached hydrogens (tertiary/aromatic N) is 1. The van der Waals surface area contributed by atoms with Crippen LogP contribution in [0.1, 0.15) is 46.0 Å². The molecule has 2 saturated heterocycles. The SMILES string of the molecule is CC(C)C1CCCCN1C(=O)C1CCCNC1. The average molecular weight is 238 g/mol. The molecule has 0 radical (unpaired) electrons. The van der Waals surface area contributed by atoms with E-state index in [1.807, 2.05) is 0 Å². The Morgan fingerprint density at radius 2 is 2.06 bits per heavy atom. The minimum Gasteiger partial charge on any atom is -0.339 e. The van der Waals surface area contributed by atoms with Crippen LogP contribution in [0.5, 0.6) is 0 Å². The molecule has 0 aromatic carbocycles. The van der Waals surface area contributed by atoms with Crippen molar-refractivity contribution in [2.45, 2.75) is 52.0 Å². The van der Waals surface area contributed by atoms with Crippen LogP contribution in [0.4, 0.5) is 0 Å². The number of rotatable bonds is 2. The highest BCUT2D eigenvalue weighted by molar-refractivity contribution is 5.79. The monoisotopic (exact) mass is 238 g/mol. The smallest absolute Gasteiger partial charge is 0.227 e. The molecule has 2 atom stereocenters. The summed E-state index contributed by atoms with van der Waals surface area (Å²) in [6.45, 7) is 7.44. The van der Waals surface area contributed by atoms with E-state index < -0.39 is 0 Å². The third kappa shape index (κ3) is 3.01. The zero-order valence-electron chi connectivity index (χ0n) is 11.2. The fourth-order valence-electron chi connectivity index (χ4n) is 3.22. The predicted molar refractivity (Wildman–Crippen MR) is 69.8 cm³/mol. The van der Waals surface area contributed by atoms with E-state index in [0.29, 0.717) is 17.9 Å². The maximum atomic E-state index is 12.6. The molecule has 2 unspecified atom stereocenters. The molecule has 98 valence electrons. The van der Waals surface area contributed by atoms with Gasteiger partial charge in [0.05, 0.1) is 5.92 Å². The Morgan fingerprint density at radius 3 is 2.71 bits per heavy atom. The summed E-state index contributed by atoms with van der Waals surface area (Å²) >= 11 is 0. The van der Waals surface area contributed by atoms with Gasteiger partial charge in [0, 0.05) is 19.1 Å². The van der Waals surface area contributed by atoms with Crippen molar-refractivity contribution in [3.8, 4) is 0 Å². The van der Waals surface area contributed by atoms with Gasteiger partial charge in [-0.05, 0) is 44.6 Å². The van der Waals surface area contributed by atoms with Crippen molar-refractivity contribution in [3.05, 3.63) is 0 Å². The van der Waals surface area contributed by atoms with Gasteiger partial charge in [-0.1, -0.05) is 13.8 Å². The average Bonchev–Trinajstić information content (AvgIpc) is 2.39. The van der Waals surface area contributed by atoms with Crippen LogP contribution < -0.4 is 5.32 Å². The summed E-state index contributed by atoms with van der Waals surface area (Å²) in [5.74, 6) is 1.24. The van der Waals surface area contributed by atoms with Crippen LogP contribution >= 0.6 is 0 Å². The first-order valence-corrected chi connectivity index (χ1v) is 7.21. The molecule has 2 aliphatic heterocycles. The largest absolute Gasteiger partial charge is 0.339 e. The third-order valence-electron chi connectivity index (χ3n) is 4.25. The van der Waals surface area contributed by atoms with Crippen molar-refractivity contribution in [1.82, 2.24) is 10.2 Å². The molecule has 2 heterocycles. The van der Waals surface area contributed by atoms with Gasteiger partial charge in [0.15, 0.2) is 0 Å². The molecule has 2 aliphatic rings. The lowest BCUT2D eigenvalue weighted by atomic mass is 9.90. The van der Waals surface area contributed by atoms with Crippen LogP contribution in [-0.2, 0) is 4.79 Å². The Morgan fingerprint density at radius 1 is 1.24 bits per heavy atom. The van der Waals surface area contributed by atoms with Crippen LogP contribution in [0.15, 0.2) is 0 Å². The molecule has 17 heavy (non-hydrogen) atoms. The minimum absolute atomic E-state index is 0.239. The molecule has 2 fully saturated rings. The number of carbonyl (C=O) groups excluding carboxylic acids is 1. The Hall–Kier alpha value is -0.570. The normalized spacial score (nSPS) is 30.6. The molecule has 0 aromatic heterocycles. The number of nitrogens with one attached hydrogen (secondary N) is 1. The van der Waals surface area contributed by atoms with E-state index in [2.05, 4.69) is 24.1 Å². The molecule has 1 N–H and O–H groups in total. The summed E-state index contributed by atoms with van der Waals surface area (Å²) in [6, 6.07) is 0.484. The first-order chi connectivity index (χ1) is 8.20. The van der Waals surface area contributed by atoms with Gasteiger partial charge in [0.2, 0.25) is 5.91 Å². The maximum absolute atomic E-state index is 12.6. The van der Waals surface area contributed by atoms with Crippen molar-refractivity contribution >= 4 is 5.91 Å². The standard InChI is InChI=1S/C14H26N2O/c1-11(2)13-7-3-4-9-16(13)14(17)12-6-5-8-15-10-12/h11-13,15H,3-10H2,1-2H3. The summed E-state index contributed by atoms with van der Waals surface area (Å²) in [5, 5.41) is 3.35. The molecule has 3 nitrogen and oxygen atoms in total. The van der Waals surface area contributed by atoms with Gasteiger partial charge in [0.25, 0.3) is 0 Å². The van der Waals surface area contributed by atoms with Crippen molar-refractivity contribution in [2.24, 2.45) is 11.8 Å². The molecule has 3 heteroatoms. The predicted octanol–water partition coefficient (Wildman–Crippen LogP) is 2.02. The lowest BCUT2D eigenvalue weighted by Gasteiger charge is -2.40. The second-order valence-electron chi connectivity index (χ2n) is 5.88. The minimum atomic E-state index is 0.239. The van der Waals surface area contributed by atoms with Crippen LogP contribution in [-0.4, -0.2) is 36.5 Å². The molecule has 1 amide bonds. The van der Waals surface area contributed by atoms with Gasteiger partial charge in [0.1, 0.15) is 0 Å². The highest BCUT2D eigenvalue weighted by Gasteiger charge is 2.33. The van der Waals surface area contributed by atoms with Gasteiger partial charge in [-0.3, -0.25) is 4.79 Å². The molecule has 0 saturated carbocycles. The summed E-state index contributed by atoms with van der Waals surface area (Å²) < 4.78 is 0.